The number of hydrogen-bond donors (Lipinski definition) is 2. The lowest BCUT2D eigenvalue weighted by atomic mass is 9.83. The Bertz CT molecular complexity index is 619. The number of aromatic amines is 1. The number of rotatable bonds is 7. The first-order valence-corrected chi connectivity index (χ1v) is 7.75. The zero-order valence-corrected chi connectivity index (χ0v) is 14.1. The van der Waals surface area contributed by atoms with Crippen LogP contribution < -0.4 is 10.1 Å². The summed E-state index contributed by atoms with van der Waals surface area (Å²) in [6, 6.07) is 7.68. The van der Waals surface area contributed by atoms with Crippen LogP contribution in [0.5, 0.6) is 5.75 Å². The Balaban J connectivity index is 1.98. The van der Waals surface area contributed by atoms with Crippen LogP contribution in [-0.4, -0.2) is 27.7 Å². The van der Waals surface area contributed by atoms with Crippen molar-refractivity contribution in [2.75, 3.05) is 6.61 Å². The normalized spacial score (nSPS) is 11.5. The van der Waals surface area contributed by atoms with E-state index in [0.29, 0.717) is 24.9 Å². The fraction of sp³-hybridized carbons (Fsp3) is 0.471. The summed E-state index contributed by atoms with van der Waals surface area (Å²) in [4.78, 5) is 16.4. The minimum Gasteiger partial charge on any atom is -0.493 e. The molecule has 6 nitrogen and oxygen atoms in total. The van der Waals surface area contributed by atoms with Crippen molar-refractivity contribution in [3.05, 3.63) is 42.0 Å². The van der Waals surface area contributed by atoms with Gasteiger partial charge in [0.1, 0.15) is 17.9 Å². The minimum absolute atomic E-state index is 0.0650. The van der Waals surface area contributed by atoms with E-state index in [-0.39, 0.29) is 5.91 Å². The largest absolute Gasteiger partial charge is 0.493 e. The number of nitrogens with one attached hydrogen (secondary N) is 2. The fourth-order valence-corrected chi connectivity index (χ4v) is 2.06. The smallest absolute Gasteiger partial charge is 0.230 e. The first-order valence-electron chi connectivity index (χ1n) is 7.75. The molecule has 1 aromatic carbocycles. The lowest BCUT2D eigenvalue weighted by Crippen LogP contribution is -2.39. The van der Waals surface area contributed by atoms with Crippen LogP contribution in [0.2, 0.25) is 0 Å². The predicted octanol–water partition coefficient (Wildman–Crippen LogP) is 2.43. The second kappa shape index (κ2) is 7.26. The van der Waals surface area contributed by atoms with Crippen molar-refractivity contribution >= 4 is 5.91 Å². The first kappa shape index (κ1) is 17.0. The molecule has 0 spiro atoms. The Morgan fingerprint density at radius 3 is 2.57 bits per heavy atom. The highest BCUT2D eigenvalue weighted by Gasteiger charge is 2.29. The molecule has 2 aromatic rings. The number of hydrogen-bond acceptors (Lipinski definition) is 4. The van der Waals surface area contributed by atoms with Gasteiger partial charge in [-0.15, -0.1) is 0 Å². The van der Waals surface area contributed by atoms with Gasteiger partial charge in [-0.25, -0.2) is 4.98 Å². The van der Waals surface area contributed by atoms with Gasteiger partial charge in [-0.05, 0) is 37.5 Å². The fourth-order valence-electron chi connectivity index (χ4n) is 2.06. The molecule has 1 amide bonds. The molecule has 1 heterocycles. The van der Waals surface area contributed by atoms with Gasteiger partial charge in [0.25, 0.3) is 0 Å². The lowest BCUT2D eigenvalue weighted by Gasteiger charge is -2.24. The summed E-state index contributed by atoms with van der Waals surface area (Å²) in [6.45, 7) is 9.02. The molecule has 0 fully saturated rings. The number of carbonyl (C=O) groups excluding carboxylic acids is 1. The van der Waals surface area contributed by atoms with E-state index in [9.17, 15) is 4.79 Å². The molecular weight excluding hydrogens is 292 g/mol. The monoisotopic (exact) mass is 316 g/mol. The van der Waals surface area contributed by atoms with Gasteiger partial charge in [-0.1, -0.05) is 26.0 Å². The topological polar surface area (TPSA) is 79.9 Å². The molecule has 0 bridgehead atoms. The van der Waals surface area contributed by atoms with Crippen LogP contribution >= 0.6 is 0 Å². The van der Waals surface area contributed by atoms with Crippen molar-refractivity contribution < 1.29 is 9.53 Å². The predicted molar refractivity (Wildman–Crippen MR) is 88.0 cm³/mol. The van der Waals surface area contributed by atoms with Gasteiger partial charge in [0, 0.05) is 0 Å². The van der Waals surface area contributed by atoms with Crippen molar-refractivity contribution in [3.8, 4) is 5.75 Å². The van der Waals surface area contributed by atoms with E-state index in [1.165, 1.54) is 6.33 Å². The second-order valence-corrected chi connectivity index (χ2v) is 6.47. The third kappa shape index (κ3) is 4.55. The molecule has 0 radical (unpaired) electrons. The number of aromatic nitrogens is 3. The Morgan fingerprint density at radius 2 is 2.00 bits per heavy atom. The summed E-state index contributed by atoms with van der Waals surface area (Å²) in [5.41, 5.74) is 0.292. The number of amides is 1. The molecule has 1 aromatic heterocycles. The number of H-pyrrole nitrogens is 1. The van der Waals surface area contributed by atoms with E-state index in [0.717, 1.165) is 11.3 Å². The van der Waals surface area contributed by atoms with Crippen LogP contribution in [0, 0.1) is 5.92 Å². The molecule has 0 aliphatic rings. The molecular formula is C17H24N4O2. The zero-order valence-electron chi connectivity index (χ0n) is 14.1. The third-order valence-corrected chi connectivity index (χ3v) is 3.61. The molecule has 2 N–H and O–H groups in total. The number of ether oxygens (including phenoxy) is 1. The standard InChI is InChI=1S/C17H24N4O2/c1-12(2)10-23-14-7-5-13(6-8-14)17(3,4)16(22)18-9-15-19-11-20-21-15/h5-8,11-12H,9-10H2,1-4H3,(H,18,22)(H,19,20,21). The van der Waals surface area contributed by atoms with Crippen molar-refractivity contribution in [3.63, 3.8) is 0 Å². The van der Waals surface area contributed by atoms with Gasteiger partial charge in [-0.3, -0.25) is 9.89 Å². The minimum atomic E-state index is -0.642. The van der Waals surface area contributed by atoms with Crippen LogP contribution in [-0.2, 0) is 16.8 Å². The number of benzene rings is 1. The Labute approximate surface area is 136 Å². The van der Waals surface area contributed by atoms with E-state index in [4.69, 9.17) is 4.74 Å². The second-order valence-electron chi connectivity index (χ2n) is 6.47. The van der Waals surface area contributed by atoms with Crippen LogP contribution in [0.1, 0.15) is 39.1 Å². The van der Waals surface area contributed by atoms with Crippen molar-refractivity contribution in [2.45, 2.75) is 39.7 Å². The maximum Gasteiger partial charge on any atom is 0.230 e. The summed E-state index contributed by atoms with van der Waals surface area (Å²) >= 11 is 0. The van der Waals surface area contributed by atoms with E-state index in [1.807, 2.05) is 38.1 Å². The molecule has 0 atom stereocenters. The molecule has 23 heavy (non-hydrogen) atoms. The van der Waals surface area contributed by atoms with Crippen molar-refractivity contribution in [1.29, 1.82) is 0 Å². The maximum atomic E-state index is 12.5. The molecule has 0 saturated heterocycles. The quantitative estimate of drug-likeness (QED) is 0.822. The molecule has 0 saturated carbocycles. The highest BCUT2D eigenvalue weighted by Crippen LogP contribution is 2.25. The van der Waals surface area contributed by atoms with E-state index in [2.05, 4.69) is 34.3 Å². The van der Waals surface area contributed by atoms with Gasteiger partial charge in [-0.2, -0.15) is 5.10 Å². The Hall–Kier alpha value is -2.37. The van der Waals surface area contributed by atoms with Gasteiger partial charge >= 0.3 is 0 Å². The summed E-state index contributed by atoms with van der Waals surface area (Å²) in [5, 5.41) is 9.36. The SMILES string of the molecule is CC(C)COc1ccc(C(C)(C)C(=O)NCc2ncn[nH]2)cc1. The summed E-state index contributed by atoms with van der Waals surface area (Å²) in [6.07, 6.45) is 1.42. The van der Waals surface area contributed by atoms with Crippen LogP contribution in [0.3, 0.4) is 0 Å². The summed E-state index contributed by atoms with van der Waals surface area (Å²) < 4.78 is 5.67. The zero-order chi connectivity index (χ0) is 16.9. The molecule has 2 rings (SSSR count). The van der Waals surface area contributed by atoms with E-state index >= 15 is 0 Å². The number of nitrogens with zero attached hydrogens (tertiary/aromatic N) is 2. The molecule has 0 aliphatic heterocycles. The van der Waals surface area contributed by atoms with Gasteiger partial charge in [0.15, 0.2) is 0 Å². The Morgan fingerprint density at radius 1 is 1.30 bits per heavy atom. The highest BCUT2D eigenvalue weighted by molar-refractivity contribution is 5.87. The molecule has 124 valence electrons. The van der Waals surface area contributed by atoms with Crippen molar-refractivity contribution in [1.82, 2.24) is 20.5 Å². The van der Waals surface area contributed by atoms with E-state index in [1.54, 1.807) is 0 Å². The van der Waals surface area contributed by atoms with Gasteiger partial charge in [0.05, 0.1) is 18.6 Å². The summed E-state index contributed by atoms with van der Waals surface area (Å²) in [5.74, 6) is 1.87. The number of carbonyl (C=O) groups is 1. The Kier molecular flexibility index (Phi) is 5.36. The first-order chi connectivity index (χ1) is 10.9. The average Bonchev–Trinajstić information content (AvgIpc) is 3.04. The molecule has 6 heteroatoms. The lowest BCUT2D eigenvalue weighted by molar-refractivity contribution is -0.125. The molecule has 0 unspecified atom stereocenters. The molecule has 0 aliphatic carbocycles. The van der Waals surface area contributed by atoms with Crippen LogP contribution in [0.15, 0.2) is 30.6 Å². The highest BCUT2D eigenvalue weighted by atomic mass is 16.5. The van der Waals surface area contributed by atoms with Crippen LogP contribution in [0.25, 0.3) is 0 Å². The maximum absolute atomic E-state index is 12.5. The van der Waals surface area contributed by atoms with Gasteiger partial charge < -0.3 is 10.1 Å². The summed E-state index contributed by atoms with van der Waals surface area (Å²) in [7, 11) is 0. The van der Waals surface area contributed by atoms with Crippen LogP contribution in [0.4, 0.5) is 0 Å². The van der Waals surface area contributed by atoms with E-state index < -0.39 is 5.41 Å². The third-order valence-electron chi connectivity index (χ3n) is 3.61. The van der Waals surface area contributed by atoms with Gasteiger partial charge in [0.2, 0.25) is 5.91 Å². The average molecular weight is 316 g/mol. The van der Waals surface area contributed by atoms with Crippen molar-refractivity contribution in [2.24, 2.45) is 5.92 Å².